The van der Waals surface area contributed by atoms with E-state index in [-0.39, 0.29) is 25.4 Å². The van der Waals surface area contributed by atoms with Crippen molar-refractivity contribution in [3.8, 4) is 0 Å². The largest absolute Gasteiger partial charge is 0.424 e. The highest BCUT2D eigenvalue weighted by atomic mass is 35.5. The van der Waals surface area contributed by atoms with Crippen molar-refractivity contribution in [3.05, 3.63) is 48.0 Å². The van der Waals surface area contributed by atoms with Crippen molar-refractivity contribution in [2.24, 2.45) is 7.05 Å². The molecule has 0 aliphatic rings. The Hall–Kier alpha value is -2.26. The van der Waals surface area contributed by atoms with Crippen molar-refractivity contribution in [1.82, 2.24) is 14.9 Å². The van der Waals surface area contributed by atoms with Crippen LogP contribution < -0.4 is 11.1 Å². The summed E-state index contributed by atoms with van der Waals surface area (Å²) in [5.41, 5.74) is 3.64. The quantitative estimate of drug-likeness (QED) is 0.655. The smallest absolute Gasteiger partial charge is 0.399 e. The first-order chi connectivity index (χ1) is 11.6. The second-order valence-corrected chi connectivity index (χ2v) is 5.74. The first kappa shape index (κ1) is 21.8. The van der Waals surface area contributed by atoms with Crippen LogP contribution in [0.3, 0.4) is 0 Å². The molecule has 6 nitrogen and oxygen atoms in total. The summed E-state index contributed by atoms with van der Waals surface area (Å²) in [5, 5.41) is 12.5. The maximum absolute atomic E-state index is 13.3. The van der Waals surface area contributed by atoms with Gasteiger partial charge in [0.25, 0.3) is 0 Å². The summed E-state index contributed by atoms with van der Waals surface area (Å²) in [6.45, 7) is -0.351. The molecule has 1 amide bonds. The zero-order chi connectivity index (χ0) is 18.7. The molecule has 2 rings (SSSR count). The Morgan fingerprint density at radius 3 is 2.42 bits per heavy atom. The molecule has 1 unspecified atom stereocenters. The van der Waals surface area contributed by atoms with E-state index in [1.807, 2.05) is 0 Å². The first-order valence-corrected chi connectivity index (χ1v) is 7.51. The van der Waals surface area contributed by atoms with Crippen molar-refractivity contribution in [1.29, 1.82) is 0 Å². The van der Waals surface area contributed by atoms with Crippen LogP contribution in [0.1, 0.15) is 17.8 Å². The number of anilines is 1. The van der Waals surface area contributed by atoms with E-state index in [2.05, 4.69) is 10.3 Å². The highest BCUT2D eigenvalue weighted by molar-refractivity contribution is 5.85. The number of nitrogens with one attached hydrogen (secondary N) is 1. The number of imidazole rings is 1. The number of nitrogens with two attached hydrogens (primary N) is 1. The van der Waals surface area contributed by atoms with E-state index in [1.165, 1.54) is 19.4 Å². The number of rotatable bonds is 6. The van der Waals surface area contributed by atoms with Gasteiger partial charge in [-0.05, 0) is 17.7 Å². The topological polar surface area (TPSA) is 93.2 Å². The highest BCUT2D eigenvalue weighted by Gasteiger charge is 2.57. The number of carbonyl (C=O) groups excluding carboxylic acids is 1. The molecule has 0 radical (unpaired) electrons. The number of halogens is 4. The Morgan fingerprint density at radius 2 is 1.92 bits per heavy atom. The van der Waals surface area contributed by atoms with Gasteiger partial charge in [0.05, 0.1) is 6.42 Å². The lowest BCUT2D eigenvalue weighted by molar-refractivity contribution is -0.272. The van der Waals surface area contributed by atoms with Crippen molar-refractivity contribution in [2.45, 2.75) is 24.6 Å². The first-order valence-electron chi connectivity index (χ1n) is 7.51. The van der Waals surface area contributed by atoms with Gasteiger partial charge >= 0.3 is 6.18 Å². The Bertz CT molecular complexity index is 734. The predicted molar refractivity (Wildman–Crippen MR) is 92.6 cm³/mol. The molecular weight excluding hydrogens is 373 g/mol. The van der Waals surface area contributed by atoms with Crippen LogP contribution in [-0.2, 0) is 23.9 Å². The molecule has 0 saturated heterocycles. The van der Waals surface area contributed by atoms with Gasteiger partial charge in [0.1, 0.15) is 5.82 Å². The van der Waals surface area contributed by atoms with Crippen LogP contribution in [0.15, 0.2) is 36.7 Å². The maximum atomic E-state index is 13.3. The lowest BCUT2D eigenvalue weighted by atomic mass is 9.97. The normalized spacial score (nSPS) is 13.6. The van der Waals surface area contributed by atoms with Crippen LogP contribution in [0.2, 0.25) is 0 Å². The summed E-state index contributed by atoms with van der Waals surface area (Å²) in [7, 11) is 1.36. The number of aromatic nitrogens is 2. The number of hydrogen-bond donors (Lipinski definition) is 3. The highest BCUT2D eigenvalue weighted by Crippen LogP contribution is 2.40. The Morgan fingerprint density at radius 1 is 1.31 bits per heavy atom. The summed E-state index contributed by atoms with van der Waals surface area (Å²) in [6.07, 6.45) is -3.17. The van der Waals surface area contributed by atoms with Gasteiger partial charge in [-0.1, -0.05) is 12.1 Å². The molecule has 0 bridgehead atoms. The fourth-order valence-electron chi connectivity index (χ4n) is 2.41. The second-order valence-electron chi connectivity index (χ2n) is 5.74. The molecule has 0 aliphatic carbocycles. The third-order valence-electron chi connectivity index (χ3n) is 3.81. The minimum atomic E-state index is -4.92. The number of hydrogen-bond acceptors (Lipinski definition) is 4. The molecule has 0 saturated carbocycles. The number of nitrogens with zero attached hydrogens (tertiary/aromatic N) is 2. The molecule has 1 aromatic carbocycles. The van der Waals surface area contributed by atoms with Crippen molar-refractivity contribution >= 4 is 24.0 Å². The van der Waals surface area contributed by atoms with Crippen LogP contribution in [-0.4, -0.2) is 33.3 Å². The average molecular weight is 393 g/mol. The number of carbonyl (C=O) groups is 1. The zero-order valence-corrected chi connectivity index (χ0v) is 14.8. The fraction of sp³-hybridized carbons (Fsp3) is 0.375. The Kier molecular flexibility index (Phi) is 7.05. The van der Waals surface area contributed by atoms with E-state index in [0.29, 0.717) is 11.3 Å². The zero-order valence-electron chi connectivity index (χ0n) is 14.0. The SMILES string of the molecule is Cl.Cn1ccnc1C(O)(CCNC(=O)Cc1ccc(N)cc1)C(F)(F)F. The van der Waals surface area contributed by atoms with Crippen LogP contribution in [0, 0.1) is 0 Å². The number of aliphatic hydroxyl groups is 1. The lowest BCUT2D eigenvalue weighted by Gasteiger charge is -2.30. The minimum absolute atomic E-state index is 0. The Labute approximate surface area is 154 Å². The minimum Gasteiger partial charge on any atom is -0.399 e. The Balaban J connectivity index is 0.00000338. The summed E-state index contributed by atoms with van der Waals surface area (Å²) >= 11 is 0. The van der Waals surface area contributed by atoms with Crippen molar-refractivity contribution < 1.29 is 23.1 Å². The molecule has 0 fully saturated rings. The van der Waals surface area contributed by atoms with Gasteiger partial charge in [0.15, 0.2) is 0 Å². The molecule has 1 heterocycles. The van der Waals surface area contributed by atoms with Crippen molar-refractivity contribution in [2.75, 3.05) is 12.3 Å². The molecule has 4 N–H and O–H groups in total. The molecule has 1 atom stereocenters. The number of alkyl halides is 3. The van der Waals surface area contributed by atoms with E-state index in [9.17, 15) is 23.1 Å². The average Bonchev–Trinajstić information content (AvgIpc) is 2.95. The summed E-state index contributed by atoms with van der Waals surface area (Å²) in [4.78, 5) is 15.5. The van der Waals surface area contributed by atoms with Gasteiger partial charge in [-0.2, -0.15) is 13.2 Å². The van der Waals surface area contributed by atoms with Gasteiger partial charge in [-0.15, -0.1) is 12.4 Å². The third kappa shape index (κ3) is 4.89. The predicted octanol–water partition coefficient (Wildman–Crippen LogP) is 1.92. The second kappa shape index (κ2) is 8.41. The van der Waals surface area contributed by atoms with E-state index in [1.54, 1.807) is 24.3 Å². The lowest BCUT2D eigenvalue weighted by Crippen LogP contribution is -2.46. The molecule has 1 aromatic heterocycles. The van der Waals surface area contributed by atoms with Gasteiger partial charge < -0.3 is 20.7 Å². The van der Waals surface area contributed by atoms with Crippen LogP contribution >= 0.6 is 12.4 Å². The third-order valence-corrected chi connectivity index (χ3v) is 3.81. The van der Waals surface area contributed by atoms with Crippen LogP contribution in [0.25, 0.3) is 0 Å². The molecular formula is C16H20ClF3N4O2. The summed E-state index contributed by atoms with van der Waals surface area (Å²) in [5.74, 6) is -0.970. The molecule has 2 aromatic rings. The summed E-state index contributed by atoms with van der Waals surface area (Å²) in [6, 6.07) is 6.59. The van der Waals surface area contributed by atoms with E-state index < -0.39 is 29.9 Å². The monoisotopic (exact) mass is 392 g/mol. The number of aryl methyl sites for hydroxylation is 1. The molecule has 0 aliphatic heterocycles. The molecule has 10 heteroatoms. The van der Waals surface area contributed by atoms with Crippen LogP contribution in [0.4, 0.5) is 18.9 Å². The summed E-state index contributed by atoms with van der Waals surface area (Å²) < 4.78 is 41.1. The number of benzene rings is 1. The van der Waals surface area contributed by atoms with Gasteiger partial charge in [-0.3, -0.25) is 4.79 Å². The molecule has 26 heavy (non-hydrogen) atoms. The number of nitrogen functional groups attached to an aromatic ring is 1. The standard InChI is InChI=1S/C16H19F3N4O2.ClH/c1-23-9-8-22-14(23)15(25,16(17,18)19)6-7-21-13(24)10-11-2-4-12(20)5-3-11;/h2-5,8-9,25H,6-7,10,20H2,1H3,(H,21,24);1H. The van der Waals surface area contributed by atoms with E-state index in [4.69, 9.17) is 5.73 Å². The van der Waals surface area contributed by atoms with Gasteiger partial charge in [0, 0.05) is 38.1 Å². The maximum Gasteiger partial charge on any atom is 0.424 e. The van der Waals surface area contributed by atoms with Gasteiger partial charge in [-0.25, -0.2) is 4.98 Å². The van der Waals surface area contributed by atoms with E-state index in [0.717, 1.165) is 4.57 Å². The van der Waals surface area contributed by atoms with Gasteiger partial charge in [0.2, 0.25) is 11.5 Å². The van der Waals surface area contributed by atoms with Crippen LogP contribution in [0.5, 0.6) is 0 Å². The van der Waals surface area contributed by atoms with Crippen molar-refractivity contribution in [3.63, 3.8) is 0 Å². The number of amides is 1. The molecule has 0 spiro atoms. The van der Waals surface area contributed by atoms with E-state index >= 15 is 0 Å². The molecule has 144 valence electrons. The fourth-order valence-corrected chi connectivity index (χ4v) is 2.41.